The van der Waals surface area contributed by atoms with E-state index in [1.54, 1.807) is 31.4 Å². The molecule has 1 aromatic carbocycles. The van der Waals surface area contributed by atoms with Gasteiger partial charge in [-0.05, 0) is 44.3 Å². The zero-order valence-electron chi connectivity index (χ0n) is 25.8. The highest BCUT2D eigenvalue weighted by Gasteiger charge is 2.33. The van der Waals surface area contributed by atoms with Gasteiger partial charge in [0.2, 0.25) is 5.88 Å². The summed E-state index contributed by atoms with van der Waals surface area (Å²) in [6.45, 7) is 5.30. The SMILES string of the molecule is COc1nc(Nc2cc(-c3ccc(OC4CCN(C(=O)[C@@H](O)C(F)F)CC4)c(C#N)c3)ncn2)ccc1N1CCN(C)C[C@@H]1C.Cl. The van der Waals surface area contributed by atoms with E-state index in [2.05, 4.69) is 50.1 Å². The van der Waals surface area contributed by atoms with E-state index >= 15 is 0 Å². The number of benzene rings is 1. The Morgan fingerprint density at radius 3 is 2.54 bits per heavy atom. The van der Waals surface area contributed by atoms with Gasteiger partial charge in [-0.3, -0.25) is 4.79 Å². The summed E-state index contributed by atoms with van der Waals surface area (Å²) in [7, 11) is 3.72. The largest absolute Gasteiger partial charge is 0.489 e. The van der Waals surface area contributed by atoms with Gasteiger partial charge in [-0.2, -0.15) is 10.2 Å². The van der Waals surface area contributed by atoms with Crippen LogP contribution in [-0.4, -0.2) is 107 Å². The summed E-state index contributed by atoms with van der Waals surface area (Å²) < 4.78 is 37.1. The van der Waals surface area contributed by atoms with Gasteiger partial charge in [0.15, 0.2) is 6.10 Å². The molecule has 2 aliphatic heterocycles. The van der Waals surface area contributed by atoms with Gasteiger partial charge in [-0.1, -0.05) is 0 Å². The van der Waals surface area contributed by atoms with Crippen LogP contribution < -0.4 is 19.7 Å². The Hall–Kier alpha value is -4.32. The molecule has 2 aromatic heterocycles. The zero-order valence-corrected chi connectivity index (χ0v) is 26.6. The number of carbonyl (C=O) groups is 1. The summed E-state index contributed by atoms with van der Waals surface area (Å²) in [6, 6.07) is 13.2. The number of methoxy groups -OCH3 is 1. The number of rotatable bonds is 9. The number of alkyl halides is 2. The van der Waals surface area contributed by atoms with Gasteiger partial charge in [0.1, 0.15) is 41.6 Å². The normalized spacial score (nSPS) is 18.0. The maximum absolute atomic E-state index is 12.7. The molecule has 1 amide bonds. The van der Waals surface area contributed by atoms with Crippen LogP contribution in [0.25, 0.3) is 11.3 Å². The number of hydrogen-bond acceptors (Lipinski definition) is 11. The van der Waals surface area contributed by atoms with E-state index in [1.807, 2.05) is 12.1 Å². The minimum absolute atomic E-state index is 0. The predicted octanol–water partition coefficient (Wildman–Crippen LogP) is 3.72. The topological polar surface area (TPSA) is 140 Å². The molecule has 5 rings (SSSR count). The lowest BCUT2D eigenvalue weighted by atomic mass is 10.1. The number of hydrogen-bond donors (Lipinski definition) is 2. The fourth-order valence-corrected chi connectivity index (χ4v) is 5.63. The Morgan fingerprint density at radius 1 is 1.11 bits per heavy atom. The van der Waals surface area contributed by atoms with Crippen molar-refractivity contribution >= 4 is 35.6 Å². The first-order valence-corrected chi connectivity index (χ1v) is 14.7. The lowest BCUT2D eigenvalue weighted by molar-refractivity contribution is -0.150. The third kappa shape index (κ3) is 7.90. The molecule has 246 valence electrons. The Labute approximate surface area is 272 Å². The number of pyridine rings is 1. The van der Waals surface area contributed by atoms with E-state index in [4.69, 9.17) is 9.47 Å². The molecule has 2 aliphatic rings. The van der Waals surface area contributed by atoms with Crippen molar-refractivity contribution < 1.29 is 28.2 Å². The number of nitrogens with zero attached hydrogens (tertiary/aromatic N) is 7. The minimum atomic E-state index is -3.13. The van der Waals surface area contributed by atoms with Crippen LogP contribution in [0.15, 0.2) is 42.7 Å². The Bertz CT molecular complexity index is 1550. The highest BCUT2D eigenvalue weighted by Crippen LogP contribution is 2.32. The van der Waals surface area contributed by atoms with E-state index in [1.165, 1.54) is 11.2 Å². The first kappa shape index (κ1) is 34.6. The summed E-state index contributed by atoms with van der Waals surface area (Å²) in [6.07, 6.45) is -3.60. The maximum atomic E-state index is 12.7. The summed E-state index contributed by atoms with van der Waals surface area (Å²) in [5.74, 6) is 0.962. The second-order valence-corrected chi connectivity index (χ2v) is 11.2. The molecule has 2 fully saturated rings. The van der Waals surface area contributed by atoms with Crippen molar-refractivity contribution in [1.29, 1.82) is 5.26 Å². The molecule has 4 heterocycles. The van der Waals surface area contributed by atoms with Crippen LogP contribution in [0.2, 0.25) is 0 Å². The molecule has 0 radical (unpaired) electrons. The van der Waals surface area contributed by atoms with Crippen molar-refractivity contribution in [3.8, 4) is 29.0 Å². The van der Waals surface area contributed by atoms with Crippen LogP contribution in [0, 0.1) is 11.3 Å². The number of likely N-dealkylation sites (N-methyl/N-ethyl adjacent to an activating group) is 1. The quantitative estimate of drug-likeness (QED) is 0.348. The summed E-state index contributed by atoms with van der Waals surface area (Å²) in [5, 5.41) is 22.4. The molecule has 0 spiro atoms. The molecule has 2 saturated heterocycles. The second-order valence-electron chi connectivity index (χ2n) is 11.2. The number of ether oxygens (including phenoxy) is 2. The average molecular weight is 659 g/mol. The molecule has 0 aliphatic carbocycles. The second kappa shape index (κ2) is 15.3. The molecule has 0 saturated carbocycles. The maximum Gasteiger partial charge on any atom is 0.273 e. The van der Waals surface area contributed by atoms with Gasteiger partial charge in [-0.25, -0.2) is 18.7 Å². The molecule has 46 heavy (non-hydrogen) atoms. The molecule has 0 bridgehead atoms. The third-order valence-corrected chi connectivity index (χ3v) is 8.03. The molecule has 15 heteroatoms. The van der Waals surface area contributed by atoms with Crippen molar-refractivity contribution in [1.82, 2.24) is 24.8 Å². The summed E-state index contributed by atoms with van der Waals surface area (Å²) in [4.78, 5) is 31.2. The Morgan fingerprint density at radius 2 is 1.87 bits per heavy atom. The number of piperidine rings is 1. The van der Waals surface area contributed by atoms with Crippen molar-refractivity contribution in [3.63, 3.8) is 0 Å². The smallest absolute Gasteiger partial charge is 0.273 e. The fraction of sp³-hybridized carbons (Fsp3) is 0.452. The standard InChI is InChI=1S/C31H36F2N8O4.ClH/c1-19-17-39(2)12-13-41(19)24-5-7-26(38-30(24)44-3)37-27-15-23(35-18-36-27)20-4-6-25(21(14-20)16-34)45-22-8-10-40(11-9-22)31(43)28(42)29(32)33;/h4-7,14-15,18-19,22,28-29,42H,8-13,17H2,1-3H3,(H,35,36,37,38);1H/t19-,28-;/m0./s1. The lowest BCUT2D eigenvalue weighted by Crippen LogP contribution is -2.50. The molecule has 2 atom stereocenters. The number of piperazine rings is 1. The minimum Gasteiger partial charge on any atom is -0.489 e. The molecular weight excluding hydrogens is 622 g/mol. The van der Waals surface area contributed by atoms with Crippen molar-refractivity contribution in [3.05, 3.63) is 48.3 Å². The summed E-state index contributed by atoms with van der Waals surface area (Å²) in [5.41, 5.74) is 2.49. The van der Waals surface area contributed by atoms with E-state index in [0.29, 0.717) is 59.0 Å². The average Bonchev–Trinajstić information content (AvgIpc) is 3.05. The van der Waals surface area contributed by atoms with Crippen molar-refractivity contribution in [2.24, 2.45) is 0 Å². The van der Waals surface area contributed by atoms with Crippen LogP contribution in [0.4, 0.5) is 26.1 Å². The summed E-state index contributed by atoms with van der Waals surface area (Å²) >= 11 is 0. The Balaban J connectivity index is 0.00000480. The third-order valence-electron chi connectivity index (χ3n) is 8.03. The molecule has 2 N–H and O–H groups in total. The van der Waals surface area contributed by atoms with Gasteiger partial charge in [-0.15, -0.1) is 12.4 Å². The van der Waals surface area contributed by atoms with Gasteiger partial charge in [0, 0.05) is 63.2 Å². The fourth-order valence-electron chi connectivity index (χ4n) is 5.63. The van der Waals surface area contributed by atoms with Gasteiger partial charge in [0.25, 0.3) is 12.3 Å². The van der Waals surface area contributed by atoms with Crippen LogP contribution in [0.1, 0.15) is 25.3 Å². The van der Waals surface area contributed by atoms with E-state index < -0.39 is 18.4 Å². The van der Waals surface area contributed by atoms with Crippen molar-refractivity contribution in [2.45, 2.75) is 44.4 Å². The van der Waals surface area contributed by atoms with Crippen molar-refractivity contribution in [2.75, 3.05) is 57.1 Å². The lowest BCUT2D eigenvalue weighted by Gasteiger charge is -2.40. The van der Waals surface area contributed by atoms with Crippen LogP contribution in [-0.2, 0) is 4.79 Å². The first-order valence-electron chi connectivity index (χ1n) is 14.7. The molecule has 12 nitrogen and oxygen atoms in total. The number of aromatic nitrogens is 3. The van der Waals surface area contributed by atoms with E-state index in [0.717, 1.165) is 25.3 Å². The van der Waals surface area contributed by atoms with Crippen LogP contribution >= 0.6 is 12.4 Å². The van der Waals surface area contributed by atoms with Gasteiger partial charge < -0.3 is 34.6 Å². The number of amides is 1. The van der Waals surface area contributed by atoms with Gasteiger partial charge in [0.05, 0.1) is 18.4 Å². The number of nitrogens with one attached hydrogen (secondary N) is 1. The van der Waals surface area contributed by atoms with E-state index in [9.17, 15) is 23.9 Å². The molecular formula is C31H37ClF2N8O4. The highest BCUT2D eigenvalue weighted by molar-refractivity contribution is 5.85. The number of likely N-dealkylation sites (tertiary alicyclic amines) is 1. The Kier molecular flexibility index (Phi) is 11.5. The van der Waals surface area contributed by atoms with Crippen LogP contribution in [0.5, 0.6) is 11.6 Å². The first-order chi connectivity index (χ1) is 21.7. The number of aliphatic hydroxyl groups excluding tert-OH is 1. The van der Waals surface area contributed by atoms with Gasteiger partial charge >= 0.3 is 0 Å². The van der Waals surface area contributed by atoms with Crippen LogP contribution in [0.3, 0.4) is 0 Å². The zero-order chi connectivity index (χ0) is 32.1. The predicted molar refractivity (Wildman–Crippen MR) is 170 cm³/mol. The molecule has 0 unspecified atom stereocenters. The monoisotopic (exact) mass is 658 g/mol. The molecule has 3 aromatic rings. The number of anilines is 3. The highest BCUT2D eigenvalue weighted by atomic mass is 35.5. The number of nitriles is 1. The number of halogens is 3. The van der Waals surface area contributed by atoms with E-state index in [-0.39, 0.29) is 31.6 Å². The number of aliphatic hydroxyl groups is 1. The number of carbonyl (C=O) groups excluding carboxylic acids is 1.